The lowest BCUT2D eigenvalue weighted by molar-refractivity contribution is -0.165. The van der Waals surface area contributed by atoms with Crippen LogP contribution in [0.3, 0.4) is 0 Å². The predicted octanol–water partition coefficient (Wildman–Crippen LogP) is 4.43. The Balaban J connectivity index is 1.99. The van der Waals surface area contributed by atoms with Gasteiger partial charge in [0.15, 0.2) is 14.1 Å². The number of Topliss-reactive ketones (excluding diaryl/α,β-unsaturated/α-hetero) is 2. The smallest absolute Gasteiger partial charge is 0.193 e. The summed E-state index contributed by atoms with van der Waals surface area (Å²) in [6.45, 7) is 15.2. The number of ketones is 2. The predicted molar refractivity (Wildman–Crippen MR) is 93.8 cm³/mol. The Hall–Kier alpha value is -0.743. The van der Waals surface area contributed by atoms with Crippen molar-refractivity contribution >= 4 is 19.9 Å². The van der Waals surface area contributed by atoms with E-state index in [1.165, 1.54) is 0 Å². The normalized spacial score (nSPS) is 38.0. The molecule has 0 aromatic heterocycles. The maximum Gasteiger partial charge on any atom is 0.193 e. The van der Waals surface area contributed by atoms with Gasteiger partial charge in [0, 0.05) is 18.3 Å². The molecule has 4 aliphatic rings. The van der Waals surface area contributed by atoms with Gasteiger partial charge in [0.25, 0.3) is 0 Å². The van der Waals surface area contributed by atoms with Crippen LogP contribution in [0.1, 0.15) is 59.3 Å². The zero-order chi connectivity index (χ0) is 17.3. The summed E-state index contributed by atoms with van der Waals surface area (Å²) < 4.78 is 6.70. The van der Waals surface area contributed by atoms with Crippen molar-refractivity contribution in [2.24, 2.45) is 11.3 Å². The van der Waals surface area contributed by atoms with Crippen LogP contribution in [0, 0.1) is 11.3 Å². The van der Waals surface area contributed by atoms with Gasteiger partial charge in [-0.2, -0.15) is 0 Å². The first-order chi connectivity index (χ1) is 10.4. The molecule has 4 heteroatoms. The van der Waals surface area contributed by atoms with E-state index >= 15 is 0 Å². The Bertz CT molecular complexity index is 564. The summed E-state index contributed by atoms with van der Waals surface area (Å²) in [6.07, 6.45) is 4.37. The van der Waals surface area contributed by atoms with Crippen LogP contribution >= 0.6 is 0 Å². The van der Waals surface area contributed by atoms with Gasteiger partial charge < -0.3 is 4.43 Å². The van der Waals surface area contributed by atoms with Crippen LogP contribution in [0.4, 0.5) is 0 Å². The molecule has 0 heterocycles. The third kappa shape index (κ3) is 2.24. The number of rotatable bonds is 2. The second-order valence-corrected chi connectivity index (χ2v) is 14.2. The molecular formula is C19H30O3Si. The maximum atomic E-state index is 13.1. The summed E-state index contributed by atoms with van der Waals surface area (Å²) in [5.41, 5.74) is -0.386. The molecule has 4 aliphatic carbocycles. The zero-order valence-corrected chi connectivity index (χ0v) is 16.3. The van der Waals surface area contributed by atoms with E-state index in [4.69, 9.17) is 4.43 Å². The highest BCUT2D eigenvalue weighted by molar-refractivity contribution is 6.74. The van der Waals surface area contributed by atoms with E-state index in [0.29, 0.717) is 37.4 Å². The van der Waals surface area contributed by atoms with Gasteiger partial charge in [-0.15, -0.1) is 0 Å². The molecule has 0 radical (unpaired) electrons. The van der Waals surface area contributed by atoms with Gasteiger partial charge in [-0.1, -0.05) is 27.4 Å². The highest BCUT2D eigenvalue weighted by Crippen LogP contribution is 2.62. The molecule has 3 atom stereocenters. The molecule has 0 N–H and O–H groups in total. The number of carbonyl (C=O) groups is 2. The second kappa shape index (κ2) is 4.88. The fourth-order valence-corrected chi connectivity index (χ4v) is 6.14. The van der Waals surface area contributed by atoms with E-state index in [1.54, 1.807) is 0 Å². The summed E-state index contributed by atoms with van der Waals surface area (Å²) in [7, 11) is -2.09. The number of hydrogen-bond acceptors (Lipinski definition) is 3. The lowest BCUT2D eigenvalue weighted by Crippen LogP contribution is -2.66. The van der Waals surface area contributed by atoms with Gasteiger partial charge in [0.2, 0.25) is 0 Å². The van der Waals surface area contributed by atoms with E-state index in [2.05, 4.69) is 40.4 Å². The van der Waals surface area contributed by atoms with Gasteiger partial charge in [-0.3, -0.25) is 9.59 Å². The zero-order valence-electron chi connectivity index (χ0n) is 15.3. The number of hydrogen-bond donors (Lipinski definition) is 0. The van der Waals surface area contributed by atoms with Crippen molar-refractivity contribution < 1.29 is 14.0 Å². The second-order valence-electron chi connectivity index (χ2n) is 9.44. The van der Waals surface area contributed by atoms with Gasteiger partial charge in [0.1, 0.15) is 11.4 Å². The quantitative estimate of drug-likeness (QED) is 0.554. The molecule has 2 bridgehead atoms. The summed E-state index contributed by atoms with van der Waals surface area (Å²) in [4.78, 5) is 25.7. The molecule has 23 heavy (non-hydrogen) atoms. The molecule has 0 saturated heterocycles. The van der Waals surface area contributed by atoms with Gasteiger partial charge >= 0.3 is 0 Å². The highest BCUT2D eigenvalue weighted by Gasteiger charge is 2.66. The summed E-state index contributed by atoms with van der Waals surface area (Å²) in [5.74, 6) is 0.714. The Labute approximate surface area is 141 Å². The first-order valence-corrected chi connectivity index (χ1v) is 11.8. The van der Waals surface area contributed by atoms with Crippen molar-refractivity contribution in [1.82, 2.24) is 0 Å². The Morgan fingerprint density at radius 3 is 2.39 bits per heavy atom. The molecule has 4 saturated carbocycles. The van der Waals surface area contributed by atoms with Crippen molar-refractivity contribution in [3.05, 3.63) is 12.2 Å². The minimum atomic E-state index is -2.09. The van der Waals surface area contributed by atoms with Crippen LogP contribution in [-0.2, 0) is 14.0 Å². The fraction of sp³-hybridized carbons (Fsp3) is 0.789. The highest BCUT2D eigenvalue weighted by atomic mass is 28.4. The van der Waals surface area contributed by atoms with Crippen LogP contribution < -0.4 is 0 Å². The topological polar surface area (TPSA) is 43.4 Å². The SMILES string of the molecule is C=C1C[C@]23CC(=O)[C@@]1(O[Si](C)(C)C(C)(C)C)C[C@H]2CCCC3=O. The molecule has 3 nitrogen and oxygen atoms in total. The molecule has 0 aromatic rings. The van der Waals surface area contributed by atoms with Crippen LogP contribution in [0.2, 0.25) is 18.1 Å². The van der Waals surface area contributed by atoms with Crippen LogP contribution in [0.5, 0.6) is 0 Å². The molecular weight excluding hydrogens is 304 g/mol. The average Bonchev–Trinajstić information content (AvgIpc) is 2.39. The molecule has 4 fully saturated rings. The Morgan fingerprint density at radius 1 is 1.17 bits per heavy atom. The molecule has 0 amide bonds. The average molecular weight is 335 g/mol. The van der Waals surface area contributed by atoms with Crippen molar-refractivity contribution in [2.75, 3.05) is 0 Å². The van der Waals surface area contributed by atoms with E-state index < -0.39 is 19.3 Å². The largest absolute Gasteiger partial charge is 0.401 e. The molecule has 0 unspecified atom stereocenters. The summed E-state index contributed by atoms with van der Waals surface area (Å²) in [6, 6.07) is 0. The van der Waals surface area contributed by atoms with E-state index in [9.17, 15) is 9.59 Å². The van der Waals surface area contributed by atoms with E-state index in [1.807, 2.05) is 0 Å². The fourth-order valence-electron chi connectivity index (χ4n) is 4.62. The third-order valence-corrected chi connectivity index (χ3v) is 11.6. The minimum absolute atomic E-state index is 0.0523. The van der Waals surface area contributed by atoms with E-state index in [0.717, 1.165) is 18.4 Å². The third-order valence-electron chi connectivity index (χ3n) is 7.09. The monoisotopic (exact) mass is 334 g/mol. The summed E-state index contributed by atoms with van der Waals surface area (Å²) in [5, 5.41) is 0.0523. The molecule has 128 valence electrons. The minimum Gasteiger partial charge on any atom is -0.401 e. The Kier molecular flexibility index (Phi) is 3.63. The van der Waals surface area contributed by atoms with Crippen molar-refractivity contribution in [1.29, 1.82) is 0 Å². The molecule has 0 aromatic carbocycles. The molecule has 0 aliphatic heterocycles. The standard InChI is InChI=1S/C19H30O3Si/c1-13-10-18-12-16(21)19(13,22-23(5,6)17(2,3)4)11-14(18)8-7-9-15(18)20/h14H,1,7-12H2,2-6H3/t14-,18+,19-/m1/s1. The maximum absolute atomic E-state index is 13.1. The van der Waals surface area contributed by atoms with Crippen molar-refractivity contribution in [3.8, 4) is 0 Å². The number of fused-ring (bicyclic) bond motifs is 2. The van der Waals surface area contributed by atoms with Crippen LogP contribution in [0.25, 0.3) is 0 Å². The lowest BCUT2D eigenvalue weighted by atomic mass is 9.47. The van der Waals surface area contributed by atoms with Crippen LogP contribution in [-0.4, -0.2) is 25.5 Å². The Morgan fingerprint density at radius 2 is 1.83 bits per heavy atom. The molecule has 1 spiro atoms. The first kappa shape index (κ1) is 17.1. The van der Waals surface area contributed by atoms with Gasteiger partial charge in [-0.25, -0.2) is 0 Å². The van der Waals surface area contributed by atoms with Gasteiger partial charge in [-0.05, 0) is 55.3 Å². The van der Waals surface area contributed by atoms with Crippen LogP contribution in [0.15, 0.2) is 12.2 Å². The number of carbonyl (C=O) groups excluding carboxylic acids is 2. The van der Waals surface area contributed by atoms with Crippen molar-refractivity contribution in [3.63, 3.8) is 0 Å². The molecule has 4 rings (SSSR count). The first-order valence-electron chi connectivity index (χ1n) is 8.90. The van der Waals surface area contributed by atoms with E-state index in [-0.39, 0.29) is 10.8 Å². The van der Waals surface area contributed by atoms with Gasteiger partial charge in [0.05, 0.1) is 0 Å². The summed E-state index contributed by atoms with van der Waals surface area (Å²) >= 11 is 0. The lowest BCUT2D eigenvalue weighted by Gasteiger charge is -2.60. The van der Waals surface area contributed by atoms with Crippen molar-refractivity contribution in [2.45, 2.75) is 83.0 Å².